The molecular formula is C16H22N2O2. The summed E-state index contributed by atoms with van der Waals surface area (Å²) in [7, 11) is 0. The van der Waals surface area contributed by atoms with Gasteiger partial charge in [0.2, 0.25) is 5.91 Å². The van der Waals surface area contributed by atoms with Crippen molar-refractivity contribution < 1.29 is 9.53 Å². The Bertz CT molecular complexity index is 489. The van der Waals surface area contributed by atoms with Gasteiger partial charge in [-0.25, -0.2) is 0 Å². The molecule has 1 aromatic rings. The van der Waals surface area contributed by atoms with Crippen LogP contribution in [0.5, 0.6) is 0 Å². The molecular weight excluding hydrogens is 252 g/mol. The topological polar surface area (TPSA) is 55.6 Å². The van der Waals surface area contributed by atoms with E-state index in [9.17, 15) is 4.79 Å². The fourth-order valence-corrected chi connectivity index (χ4v) is 3.28. The van der Waals surface area contributed by atoms with Crippen LogP contribution in [0.3, 0.4) is 0 Å². The summed E-state index contributed by atoms with van der Waals surface area (Å²) in [6.45, 7) is 2.37. The first kappa shape index (κ1) is 13.6. The standard InChI is InChI=1S/C16H22N2O2/c17-10-15-11-20-8-7-18(15)16(19)14-6-5-12-3-1-2-4-13(12)9-14/h1-4,14-15H,5-11,17H2. The Kier molecular flexibility index (Phi) is 4.03. The SMILES string of the molecule is NCC1COCCN1C(=O)C1CCc2ccccc2C1. The number of fused-ring (bicyclic) bond motifs is 1. The average Bonchev–Trinajstić information content (AvgIpc) is 2.53. The van der Waals surface area contributed by atoms with Crippen LogP contribution in [0.25, 0.3) is 0 Å². The predicted octanol–water partition coefficient (Wildman–Crippen LogP) is 0.978. The lowest BCUT2D eigenvalue weighted by Gasteiger charge is -2.38. The van der Waals surface area contributed by atoms with Gasteiger partial charge in [-0.05, 0) is 30.4 Å². The molecule has 0 spiro atoms. The van der Waals surface area contributed by atoms with Crippen LogP contribution in [-0.2, 0) is 22.4 Å². The Labute approximate surface area is 119 Å². The summed E-state index contributed by atoms with van der Waals surface area (Å²) in [5, 5.41) is 0. The zero-order chi connectivity index (χ0) is 13.9. The normalized spacial score (nSPS) is 26.1. The van der Waals surface area contributed by atoms with E-state index in [1.165, 1.54) is 11.1 Å². The molecule has 0 bridgehead atoms. The lowest BCUT2D eigenvalue weighted by atomic mass is 9.83. The van der Waals surface area contributed by atoms with E-state index in [2.05, 4.69) is 24.3 Å². The highest BCUT2D eigenvalue weighted by Gasteiger charge is 2.33. The molecule has 2 aliphatic rings. The third kappa shape index (κ3) is 2.58. The molecule has 2 atom stereocenters. The fourth-order valence-electron chi connectivity index (χ4n) is 3.28. The Hall–Kier alpha value is -1.39. The Morgan fingerprint density at radius 2 is 2.15 bits per heavy atom. The van der Waals surface area contributed by atoms with Crippen LogP contribution >= 0.6 is 0 Å². The van der Waals surface area contributed by atoms with Gasteiger partial charge in [0, 0.05) is 19.0 Å². The monoisotopic (exact) mass is 274 g/mol. The molecule has 0 saturated carbocycles. The minimum atomic E-state index is 0.0495. The lowest BCUT2D eigenvalue weighted by Crippen LogP contribution is -2.54. The molecule has 0 radical (unpaired) electrons. The van der Waals surface area contributed by atoms with E-state index in [1.807, 2.05) is 4.90 Å². The van der Waals surface area contributed by atoms with Crippen molar-refractivity contribution >= 4 is 5.91 Å². The maximum atomic E-state index is 12.7. The van der Waals surface area contributed by atoms with Crippen molar-refractivity contribution in [2.24, 2.45) is 11.7 Å². The molecule has 1 aromatic carbocycles. The van der Waals surface area contributed by atoms with Crippen LogP contribution in [0.2, 0.25) is 0 Å². The molecule has 0 aromatic heterocycles. The Balaban J connectivity index is 1.72. The summed E-state index contributed by atoms with van der Waals surface area (Å²) < 4.78 is 5.42. The maximum Gasteiger partial charge on any atom is 0.226 e. The number of nitrogens with zero attached hydrogens (tertiary/aromatic N) is 1. The highest BCUT2D eigenvalue weighted by atomic mass is 16.5. The van der Waals surface area contributed by atoms with E-state index in [1.54, 1.807) is 0 Å². The number of carbonyl (C=O) groups excluding carboxylic acids is 1. The smallest absolute Gasteiger partial charge is 0.226 e. The molecule has 1 fully saturated rings. The van der Waals surface area contributed by atoms with Gasteiger partial charge in [-0.1, -0.05) is 24.3 Å². The average molecular weight is 274 g/mol. The third-order valence-electron chi connectivity index (χ3n) is 4.48. The van der Waals surface area contributed by atoms with Gasteiger partial charge in [0.05, 0.1) is 19.3 Å². The lowest BCUT2D eigenvalue weighted by molar-refractivity contribution is -0.144. The second kappa shape index (κ2) is 5.94. The Morgan fingerprint density at radius 3 is 2.95 bits per heavy atom. The molecule has 108 valence electrons. The van der Waals surface area contributed by atoms with E-state index in [0.717, 1.165) is 19.3 Å². The van der Waals surface area contributed by atoms with Crippen LogP contribution in [0.4, 0.5) is 0 Å². The van der Waals surface area contributed by atoms with E-state index < -0.39 is 0 Å². The van der Waals surface area contributed by atoms with Crippen LogP contribution in [0.15, 0.2) is 24.3 Å². The van der Waals surface area contributed by atoms with Crippen molar-refractivity contribution in [3.63, 3.8) is 0 Å². The number of hydrogen-bond acceptors (Lipinski definition) is 3. The second-order valence-corrected chi connectivity index (χ2v) is 5.70. The molecule has 1 saturated heterocycles. The summed E-state index contributed by atoms with van der Waals surface area (Å²) in [5.41, 5.74) is 8.49. The first-order valence-electron chi connectivity index (χ1n) is 7.44. The number of rotatable bonds is 2. The second-order valence-electron chi connectivity index (χ2n) is 5.70. The number of benzene rings is 1. The summed E-state index contributed by atoms with van der Waals surface area (Å²) in [5.74, 6) is 0.371. The molecule has 1 heterocycles. The maximum absolute atomic E-state index is 12.7. The van der Waals surface area contributed by atoms with Gasteiger partial charge < -0.3 is 15.4 Å². The molecule has 4 heteroatoms. The summed E-state index contributed by atoms with van der Waals surface area (Å²) in [4.78, 5) is 14.7. The van der Waals surface area contributed by atoms with Crippen molar-refractivity contribution in [1.29, 1.82) is 0 Å². The summed E-state index contributed by atoms with van der Waals surface area (Å²) in [6, 6.07) is 8.51. The van der Waals surface area contributed by atoms with Crippen molar-refractivity contribution in [2.45, 2.75) is 25.3 Å². The molecule has 20 heavy (non-hydrogen) atoms. The van der Waals surface area contributed by atoms with Gasteiger partial charge in [0.15, 0.2) is 0 Å². The number of morpholine rings is 1. The van der Waals surface area contributed by atoms with Crippen LogP contribution in [0.1, 0.15) is 17.5 Å². The zero-order valence-corrected chi connectivity index (χ0v) is 11.8. The first-order chi connectivity index (χ1) is 9.79. The Morgan fingerprint density at radius 1 is 1.35 bits per heavy atom. The van der Waals surface area contributed by atoms with Crippen molar-refractivity contribution in [3.05, 3.63) is 35.4 Å². The number of hydrogen-bond donors (Lipinski definition) is 1. The largest absolute Gasteiger partial charge is 0.377 e. The quantitative estimate of drug-likeness (QED) is 0.874. The van der Waals surface area contributed by atoms with Gasteiger partial charge >= 0.3 is 0 Å². The predicted molar refractivity (Wildman–Crippen MR) is 77.3 cm³/mol. The van der Waals surface area contributed by atoms with Crippen LogP contribution in [-0.4, -0.2) is 43.2 Å². The van der Waals surface area contributed by atoms with E-state index in [-0.39, 0.29) is 17.9 Å². The fraction of sp³-hybridized carbons (Fsp3) is 0.562. The summed E-state index contributed by atoms with van der Waals surface area (Å²) in [6.07, 6.45) is 2.82. The van der Waals surface area contributed by atoms with Crippen molar-refractivity contribution in [2.75, 3.05) is 26.3 Å². The molecule has 1 aliphatic carbocycles. The van der Waals surface area contributed by atoms with Crippen molar-refractivity contribution in [1.82, 2.24) is 4.90 Å². The van der Waals surface area contributed by atoms with Gasteiger partial charge in [-0.3, -0.25) is 4.79 Å². The zero-order valence-electron chi connectivity index (χ0n) is 11.8. The van der Waals surface area contributed by atoms with E-state index in [0.29, 0.717) is 26.3 Å². The highest BCUT2D eigenvalue weighted by molar-refractivity contribution is 5.80. The molecule has 3 rings (SSSR count). The number of amides is 1. The molecule has 2 unspecified atom stereocenters. The third-order valence-corrected chi connectivity index (χ3v) is 4.48. The minimum absolute atomic E-state index is 0.0495. The van der Waals surface area contributed by atoms with Gasteiger partial charge in [-0.15, -0.1) is 0 Å². The molecule has 1 aliphatic heterocycles. The summed E-state index contributed by atoms with van der Waals surface area (Å²) >= 11 is 0. The van der Waals surface area contributed by atoms with Gasteiger partial charge in [0.1, 0.15) is 0 Å². The van der Waals surface area contributed by atoms with E-state index >= 15 is 0 Å². The minimum Gasteiger partial charge on any atom is -0.377 e. The first-order valence-corrected chi connectivity index (χ1v) is 7.44. The van der Waals surface area contributed by atoms with Crippen LogP contribution in [0, 0.1) is 5.92 Å². The van der Waals surface area contributed by atoms with Gasteiger partial charge in [0.25, 0.3) is 0 Å². The highest BCUT2D eigenvalue weighted by Crippen LogP contribution is 2.27. The molecule has 2 N–H and O–H groups in total. The number of nitrogens with two attached hydrogens (primary N) is 1. The van der Waals surface area contributed by atoms with Gasteiger partial charge in [-0.2, -0.15) is 0 Å². The number of carbonyl (C=O) groups is 1. The van der Waals surface area contributed by atoms with Crippen LogP contribution < -0.4 is 5.73 Å². The molecule has 4 nitrogen and oxygen atoms in total. The number of aryl methyl sites for hydroxylation is 1. The van der Waals surface area contributed by atoms with E-state index in [4.69, 9.17) is 10.5 Å². The van der Waals surface area contributed by atoms with Crippen molar-refractivity contribution in [3.8, 4) is 0 Å². The number of ether oxygens (including phenoxy) is 1. The molecule has 1 amide bonds.